The number of nitrogens with zero attached hydrogens (tertiary/aromatic N) is 2. The number of carbonyl (C=O) groups excluding carboxylic acids is 1. The molecule has 2 aliphatic heterocycles. The summed E-state index contributed by atoms with van der Waals surface area (Å²) in [6.07, 6.45) is 3.34. The number of urea groups is 1. The molecule has 0 aromatic heterocycles. The van der Waals surface area contributed by atoms with Crippen molar-refractivity contribution in [1.29, 1.82) is 0 Å². The molecule has 1 unspecified atom stereocenters. The number of carboxylic acids is 1. The molecule has 0 bridgehead atoms. The van der Waals surface area contributed by atoms with E-state index in [1.54, 1.807) is 0 Å². The molecule has 108 valence electrons. The average Bonchev–Trinajstić information content (AvgIpc) is 2.87. The van der Waals surface area contributed by atoms with E-state index in [1.807, 2.05) is 9.80 Å². The highest BCUT2D eigenvalue weighted by atomic mass is 16.4. The summed E-state index contributed by atoms with van der Waals surface area (Å²) in [5.74, 6) is -0.514. The van der Waals surface area contributed by atoms with Gasteiger partial charge in [0.25, 0.3) is 0 Å². The first-order valence-electron chi connectivity index (χ1n) is 7.29. The number of carbonyl (C=O) groups is 2. The van der Waals surface area contributed by atoms with Gasteiger partial charge in [-0.1, -0.05) is 13.8 Å². The molecule has 5 nitrogen and oxygen atoms in total. The fourth-order valence-electron chi connectivity index (χ4n) is 3.22. The van der Waals surface area contributed by atoms with Crippen LogP contribution in [0.15, 0.2) is 0 Å². The van der Waals surface area contributed by atoms with E-state index < -0.39 is 5.97 Å². The van der Waals surface area contributed by atoms with Gasteiger partial charge in [-0.15, -0.1) is 0 Å². The zero-order chi connectivity index (χ0) is 14.0. The first-order chi connectivity index (χ1) is 9.00. The number of hydrogen-bond donors (Lipinski definition) is 1. The van der Waals surface area contributed by atoms with Crippen molar-refractivity contribution >= 4 is 12.0 Å². The van der Waals surface area contributed by atoms with Crippen LogP contribution >= 0.6 is 0 Å². The average molecular weight is 268 g/mol. The van der Waals surface area contributed by atoms with Gasteiger partial charge in [-0.05, 0) is 31.6 Å². The molecular weight excluding hydrogens is 244 g/mol. The lowest BCUT2D eigenvalue weighted by Crippen LogP contribution is -2.50. The van der Waals surface area contributed by atoms with Gasteiger partial charge in [0.05, 0.1) is 5.92 Å². The lowest BCUT2D eigenvalue weighted by Gasteiger charge is -2.36. The van der Waals surface area contributed by atoms with Crippen molar-refractivity contribution in [2.45, 2.75) is 45.6 Å². The standard InChI is InChI=1S/C14H24N2O3/c1-10(2)12-4-3-7-16(12)14(19)15-8-5-11(6-9-15)13(17)18/h10-12H,3-9H2,1-2H3,(H,17,18). The van der Waals surface area contributed by atoms with Crippen molar-refractivity contribution in [1.82, 2.24) is 9.80 Å². The highest BCUT2D eigenvalue weighted by Gasteiger charge is 2.35. The maximum Gasteiger partial charge on any atom is 0.320 e. The lowest BCUT2D eigenvalue weighted by atomic mass is 9.97. The summed E-state index contributed by atoms with van der Waals surface area (Å²) in [6, 6.07) is 0.463. The number of piperidine rings is 1. The first-order valence-corrected chi connectivity index (χ1v) is 7.29. The Morgan fingerprint density at radius 1 is 1.11 bits per heavy atom. The third-order valence-corrected chi connectivity index (χ3v) is 4.43. The molecule has 2 aliphatic rings. The highest BCUT2D eigenvalue weighted by molar-refractivity contribution is 5.76. The summed E-state index contributed by atoms with van der Waals surface area (Å²) in [5, 5.41) is 8.98. The third-order valence-electron chi connectivity index (χ3n) is 4.43. The number of hydrogen-bond acceptors (Lipinski definition) is 2. The number of amides is 2. The minimum atomic E-state index is -0.728. The molecule has 0 aromatic carbocycles. The predicted molar refractivity (Wildman–Crippen MR) is 71.9 cm³/mol. The summed E-state index contributed by atoms with van der Waals surface area (Å²) in [5.41, 5.74) is 0. The molecule has 0 saturated carbocycles. The SMILES string of the molecule is CC(C)C1CCCN1C(=O)N1CCC(C(=O)O)CC1. The molecule has 1 N–H and O–H groups in total. The third kappa shape index (κ3) is 3.01. The van der Waals surface area contributed by atoms with Crippen LogP contribution < -0.4 is 0 Å². The normalized spacial score (nSPS) is 25.1. The van der Waals surface area contributed by atoms with Crippen LogP contribution in [0.2, 0.25) is 0 Å². The van der Waals surface area contributed by atoms with Crippen LogP contribution in [0.3, 0.4) is 0 Å². The van der Waals surface area contributed by atoms with Crippen molar-refractivity contribution in [3.05, 3.63) is 0 Å². The molecular formula is C14H24N2O3. The topological polar surface area (TPSA) is 60.9 Å². The number of rotatable bonds is 2. The van der Waals surface area contributed by atoms with Gasteiger partial charge >= 0.3 is 12.0 Å². The molecule has 0 aliphatic carbocycles. The van der Waals surface area contributed by atoms with Gasteiger partial charge in [-0.2, -0.15) is 0 Å². The zero-order valence-corrected chi connectivity index (χ0v) is 11.8. The summed E-state index contributed by atoms with van der Waals surface area (Å²) in [7, 11) is 0. The fraction of sp³-hybridized carbons (Fsp3) is 0.857. The van der Waals surface area contributed by atoms with E-state index in [1.165, 1.54) is 0 Å². The van der Waals surface area contributed by atoms with Gasteiger partial charge in [-0.3, -0.25) is 4.79 Å². The van der Waals surface area contributed by atoms with Gasteiger partial charge < -0.3 is 14.9 Å². The maximum atomic E-state index is 12.5. The summed E-state index contributed by atoms with van der Waals surface area (Å²) in [6.45, 7) is 6.33. The number of aliphatic carboxylic acids is 1. The van der Waals surface area contributed by atoms with Crippen LogP contribution in [0.4, 0.5) is 4.79 Å². The summed E-state index contributed by atoms with van der Waals surface area (Å²) < 4.78 is 0. The van der Waals surface area contributed by atoms with Crippen molar-refractivity contribution in [2.24, 2.45) is 11.8 Å². The minimum absolute atomic E-state index is 0.111. The number of likely N-dealkylation sites (tertiary alicyclic amines) is 2. The van der Waals surface area contributed by atoms with E-state index in [0.29, 0.717) is 37.9 Å². The van der Waals surface area contributed by atoms with Crippen molar-refractivity contribution in [3.8, 4) is 0 Å². The summed E-state index contributed by atoms with van der Waals surface area (Å²) in [4.78, 5) is 27.2. The van der Waals surface area contributed by atoms with E-state index in [-0.39, 0.29) is 11.9 Å². The van der Waals surface area contributed by atoms with Gasteiger partial charge in [0.15, 0.2) is 0 Å². The van der Waals surface area contributed by atoms with Gasteiger partial charge in [0, 0.05) is 25.7 Å². The zero-order valence-electron chi connectivity index (χ0n) is 11.8. The molecule has 5 heteroatoms. The molecule has 1 atom stereocenters. The molecule has 19 heavy (non-hydrogen) atoms. The molecule has 0 radical (unpaired) electrons. The fourth-order valence-corrected chi connectivity index (χ4v) is 3.22. The molecule has 2 fully saturated rings. The first kappa shape index (κ1) is 14.2. The van der Waals surface area contributed by atoms with E-state index in [0.717, 1.165) is 19.4 Å². The van der Waals surface area contributed by atoms with Crippen LogP contribution in [-0.4, -0.2) is 52.6 Å². The van der Waals surface area contributed by atoms with E-state index in [9.17, 15) is 9.59 Å². The Morgan fingerprint density at radius 3 is 2.26 bits per heavy atom. The van der Waals surface area contributed by atoms with Gasteiger partial charge in [0.2, 0.25) is 0 Å². The van der Waals surface area contributed by atoms with Crippen LogP contribution in [0.5, 0.6) is 0 Å². The van der Waals surface area contributed by atoms with Crippen LogP contribution in [0.25, 0.3) is 0 Å². The van der Waals surface area contributed by atoms with E-state index in [2.05, 4.69) is 13.8 Å². The van der Waals surface area contributed by atoms with Crippen molar-refractivity contribution in [3.63, 3.8) is 0 Å². The Hall–Kier alpha value is -1.26. The molecule has 2 amide bonds. The maximum absolute atomic E-state index is 12.5. The van der Waals surface area contributed by atoms with Gasteiger partial charge in [-0.25, -0.2) is 4.79 Å². The Morgan fingerprint density at radius 2 is 1.74 bits per heavy atom. The Labute approximate surface area is 114 Å². The minimum Gasteiger partial charge on any atom is -0.481 e. The van der Waals surface area contributed by atoms with E-state index in [4.69, 9.17) is 5.11 Å². The summed E-state index contributed by atoms with van der Waals surface area (Å²) >= 11 is 0. The Balaban J connectivity index is 1.92. The predicted octanol–water partition coefficient (Wildman–Crippen LogP) is 2.02. The van der Waals surface area contributed by atoms with Crippen molar-refractivity contribution in [2.75, 3.05) is 19.6 Å². The lowest BCUT2D eigenvalue weighted by molar-refractivity contribution is -0.143. The molecule has 0 aromatic rings. The highest BCUT2D eigenvalue weighted by Crippen LogP contribution is 2.26. The number of carboxylic acid groups (broad SMARTS) is 1. The van der Waals surface area contributed by atoms with Gasteiger partial charge in [0.1, 0.15) is 0 Å². The van der Waals surface area contributed by atoms with Crippen LogP contribution in [-0.2, 0) is 4.79 Å². The van der Waals surface area contributed by atoms with Crippen molar-refractivity contribution < 1.29 is 14.7 Å². The van der Waals surface area contributed by atoms with E-state index >= 15 is 0 Å². The molecule has 2 saturated heterocycles. The Bertz CT molecular complexity index is 349. The van der Waals surface area contributed by atoms with Crippen LogP contribution in [0.1, 0.15) is 39.5 Å². The smallest absolute Gasteiger partial charge is 0.320 e. The largest absolute Gasteiger partial charge is 0.481 e. The Kier molecular flexibility index (Phi) is 4.32. The quantitative estimate of drug-likeness (QED) is 0.833. The van der Waals surface area contributed by atoms with Crippen LogP contribution in [0, 0.1) is 11.8 Å². The molecule has 2 heterocycles. The molecule has 0 spiro atoms. The second-order valence-corrected chi connectivity index (χ2v) is 6.03. The molecule has 2 rings (SSSR count). The second kappa shape index (κ2) is 5.80. The monoisotopic (exact) mass is 268 g/mol. The second-order valence-electron chi connectivity index (χ2n) is 6.03.